The number of carbonyl (C=O) groups is 2. The van der Waals surface area contributed by atoms with Crippen molar-refractivity contribution in [3.63, 3.8) is 0 Å². The molecule has 2 aromatic carbocycles. The second-order valence-electron chi connectivity index (χ2n) is 8.42. The molecule has 2 aromatic rings. The highest BCUT2D eigenvalue weighted by Crippen LogP contribution is 2.39. The lowest BCUT2D eigenvalue weighted by Crippen LogP contribution is -2.40. The minimum absolute atomic E-state index is 0.0611. The van der Waals surface area contributed by atoms with Crippen LogP contribution in [0.4, 0.5) is 11.4 Å². The van der Waals surface area contributed by atoms with Crippen LogP contribution >= 0.6 is 0 Å². The molecule has 4 rings (SSSR count). The molecule has 1 atom stereocenters. The molecule has 1 N–H and O–H groups in total. The first-order valence-electron chi connectivity index (χ1n) is 10.9. The Morgan fingerprint density at radius 2 is 1.78 bits per heavy atom. The number of nitrogens with zero attached hydrogens (tertiary/aromatic N) is 3. The molecular weight excluding hydrogens is 406 g/mol. The summed E-state index contributed by atoms with van der Waals surface area (Å²) >= 11 is 0. The van der Waals surface area contributed by atoms with Crippen molar-refractivity contribution in [1.82, 2.24) is 4.90 Å². The van der Waals surface area contributed by atoms with E-state index in [0.29, 0.717) is 41.4 Å². The number of para-hydroxylation sites is 1. The number of amides is 2. The van der Waals surface area contributed by atoms with Crippen LogP contribution in [0.1, 0.15) is 18.4 Å². The molecule has 168 valence electrons. The van der Waals surface area contributed by atoms with Gasteiger partial charge in [0.15, 0.2) is 0 Å². The Hall–Kier alpha value is -3.32. The van der Waals surface area contributed by atoms with Gasteiger partial charge in [0, 0.05) is 45.0 Å². The summed E-state index contributed by atoms with van der Waals surface area (Å²) in [6.45, 7) is 1.26. The number of anilines is 2. The molecule has 2 amide bonds. The van der Waals surface area contributed by atoms with Crippen molar-refractivity contribution in [1.29, 1.82) is 0 Å². The van der Waals surface area contributed by atoms with Crippen LogP contribution in [0.25, 0.3) is 5.57 Å². The smallest absolute Gasteiger partial charge is 0.282 e. The Labute approximate surface area is 188 Å². The summed E-state index contributed by atoms with van der Waals surface area (Å²) in [6, 6.07) is 14.6. The fourth-order valence-electron chi connectivity index (χ4n) is 4.46. The fraction of sp³-hybridized carbons (Fsp3) is 0.360. The number of aliphatic hydroxyl groups excluding tert-OH is 1. The number of imide groups is 1. The van der Waals surface area contributed by atoms with Crippen LogP contribution in [-0.2, 0) is 9.59 Å². The number of carbonyl (C=O) groups excluding carboxylic acids is 2. The Kier molecular flexibility index (Phi) is 6.19. The van der Waals surface area contributed by atoms with E-state index < -0.39 is 0 Å². The zero-order valence-electron chi connectivity index (χ0n) is 18.7. The number of aliphatic hydroxyl groups is 1. The zero-order chi connectivity index (χ0) is 22.8. The quantitative estimate of drug-likeness (QED) is 0.704. The third kappa shape index (κ3) is 3.84. The van der Waals surface area contributed by atoms with E-state index in [4.69, 9.17) is 4.74 Å². The molecule has 32 heavy (non-hydrogen) atoms. The van der Waals surface area contributed by atoms with Crippen LogP contribution in [0, 0.1) is 5.92 Å². The summed E-state index contributed by atoms with van der Waals surface area (Å²) in [5.74, 6) is -0.0847. The van der Waals surface area contributed by atoms with Gasteiger partial charge in [0.05, 0.1) is 18.4 Å². The molecule has 2 heterocycles. The number of rotatable bonds is 6. The van der Waals surface area contributed by atoms with E-state index in [1.807, 2.05) is 54.2 Å². The zero-order valence-corrected chi connectivity index (χ0v) is 18.7. The maximum Gasteiger partial charge on any atom is 0.282 e. The topological polar surface area (TPSA) is 73.3 Å². The monoisotopic (exact) mass is 435 g/mol. The summed E-state index contributed by atoms with van der Waals surface area (Å²) in [5, 5.41) is 9.71. The highest BCUT2D eigenvalue weighted by molar-refractivity contribution is 6.45. The molecule has 0 aromatic heterocycles. The van der Waals surface area contributed by atoms with Gasteiger partial charge in [-0.3, -0.25) is 9.59 Å². The maximum atomic E-state index is 13.7. The first kappa shape index (κ1) is 21.9. The van der Waals surface area contributed by atoms with Gasteiger partial charge < -0.3 is 19.6 Å². The molecule has 2 aliphatic rings. The van der Waals surface area contributed by atoms with Crippen LogP contribution in [-0.4, -0.2) is 62.7 Å². The lowest BCUT2D eigenvalue weighted by molar-refractivity contribution is -0.120. The predicted molar refractivity (Wildman–Crippen MR) is 125 cm³/mol. The van der Waals surface area contributed by atoms with E-state index >= 15 is 0 Å². The third-order valence-corrected chi connectivity index (χ3v) is 6.15. The number of likely N-dealkylation sites (tertiary alicyclic amines) is 1. The molecule has 0 aliphatic carbocycles. The summed E-state index contributed by atoms with van der Waals surface area (Å²) in [7, 11) is 5.43. The van der Waals surface area contributed by atoms with Crippen molar-refractivity contribution >= 4 is 28.8 Å². The Balaban J connectivity index is 1.81. The Bertz CT molecular complexity index is 1050. The molecule has 7 heteroatoms. The molecule has 0 bridgehead atoms. The number of hydrogen-bond donors (Lipinski definition) is 1. The van der Waals surface area contributed by atoms with Crippen molar-refractivity contribution in [3.05, 3.63) is 59.8 Å². The molecular formula is C25H29N3O4. The van der Waals surface area contributed by atoms with Crippen LogP contribution in [0.5, 0.6) is 5.75 Å². The van der Waals surface area contributed by atoms with Crippen molar-refractivity contribution in [2.75, 3.05) is 50.7 Å². The molecule has 7 nitrogen and oxygen atoms in total. The van der Waals surface area contributed by atoms with Gasteiger partial charge in [0.2, 0.25) is 0 Å². The standard InChI is InChI=1S/C25H29N3O4/c1-26(2)18-10-12-19(13-11-18)28-24(30)22(20-8-4-5-9-21(20)32-3)23(25(28)31)27-14-6-7-17(15-27)16-29/h4-5,8-13,17,29H,6-7,14-16H2,1-3H3. The molecule has 2 aliphatic heterocycles. The van der Waals surface area contributed by atoms with Crippen molar-refractivity contribution in [2.24, 2.45) is 5.92 Å². The molecule has 1 unspecified atom stereocenters. The van der Waals surface area contributed by atoms with Crippen molar-refractivity contribution in [3.8, 4) is 5.75 Å². The molecule has 0 spiro atoms. The van der Waals surface area contributed by atoms with Gasteiger partial charge in [-0.15, -0.1) is 0 Å². The van der Waals surface area contributed by atoms with E-state index in [2.05, 4.69) is 0 Å². The summed E-state index contributed by atoms with van der Waals surface area (Å²) in [5.41, 5.74) is 2.84. The Morgan fingerprint density at radius 3 is 2.44 bits per heavy atom. The third-order valence-electron chi connectivity index (χ3n) is 6.15. The van der Waals surface area contributed by atoms with E-state index in [1.54, 1.807) is 25.3 Å². The number of methoxy groups -OCH3 is 1. The molecule has 1 fully saturated rings. The maximum absolute atomic E-state index is 13.7. The SMILES string of the molecule is COc1ccccc1C1=C(N2CCCC(CO)C2)C(=O)N(c2ccc(N(C)C)cc2)C1=O. The van der Waals surface area contributed by atoms with E-state index in [-0.39, 0.29) is 24.3 Å². The molecule has 0 saturated carbocycles. The van der Waals surface area contributed by atoms with Gasteiger partial charge in [0.25, 0.3) is 11.8 Å². The summed E-state index contributed by atoms with van der Waals surface area (Å²) < 4.78 is 5.52. The van der Waals surface area contributed by atoms with Crippen LogP contribution < -0.4 is 14.5 Å². The van der Waals surface area contributed by atoms with E-state index in [9.17, 15) is 14.7 Å². The average Bonchev–Trinajstić information content (AvgIpc) is 3.08. The van der Waals surface area contributed by atoms with Crippen molar-refractivity contribution in [2.45, 2.75) is 12.8 Å². The van der Waals surface area contributed by atoms with Crippen LogP contribution in [0.2, 0.25) is 0 Å². The average molecular weight is 436 g/mol. The van der Waals surface area contributed by atoms with Gasteiger partial charge in [-0.05, 0) is 49.1 Å². The van der Waals surface area contributed by atoms with Gasteiger partial charge in [0.1, 0.15) is 11.4 Å². The summed E-state index contributed by atoms with van der Waals surface area (Å²) in [6.07, 6.45) is 1.76. The number of piperidine rings is 1. The first-order chi connectivity index (χ1) is 15.5. The van der Waals surface area contributed by atoms with Crippen molar-refractivity contribution < 1.29 is 19.4 Å². The second-order valence-corrected chi connectivity index (χ2v) is 8.42. The minimum atomic E-state index is -0.363. The second kappa shape index (κ2) is 9.04. The summed E-state index contributed by atoms with van der Waals surface area (Å²) in [4.78, 5) is 32.6. The lowest BCUT2D eigenvalue weighted by atomic mass is 9.96. The predicted octanol–water partition coefficient (Wildman–Crippen LogP) is 2.75. The van der Waals surface area contributed by atoms with Gasteiger partial charge in [-0.25, -0.2) is 4.90 Å². The van der Waals surface area contributed by atoms with Crippen LogP contribution in [0.15, 0.2) is 54.2 Å². The van der Waals surface area contributed by atoms with Crippen LogP contribution in [0.3, 0.4) is 0 Å². The highest BCUT2D eigenvalue weighted by Gasteiger charge is 2.44. The fourth-order valence-corrected chi connectivity index (χ4v) is 4.46. The lowest BCUT2D eigenvalue weighted by Gasteiger charge is -2.34. The number of hydrogen-bond acceptors (Lipinski definition) is 6. The number of ether oxygens (including phenoxy) is 1. The normalized spacial score (nSPS) is 19.1. The molecule has 1 saturated heterocycles. The first-order valence-corrected chi connectivity index (χ1v) is 10.9. The van der Waals surface area contributed by atoms with Gasteiger partial charge in [-0.1, -0.05) is 18.2 Å². The number of benzene rings is 2. The van der Waals surface area contributed by atoms with Gasteiger partial charge in [-0.2, -0.15) is 0 Å². The van der Waals surface area contributed by atoms with Gasteiger partial charge >= 0.3 is 0 Å². The largest absolute Gasteiger partial charge is 0.496 e. The Morgan fingerprint density at radius 1 is 1.06 bits per heavy atom. The minimum Gasteiger partial charge on any atom is -0.496 e. The van der Waals surface area contributed by atoms with E-state index in [0.717, 1.165) is 18.5 Å². The van der Waals surface area contributed by atoms with E-state index in [1.165, 1.54) is 4.90 Å². The molecule has 0 radical (unpaired) electrons. The highest BCUT2D eigenvalue weighted by atomic mass is 16.5.